The average Bonchev–Trinajstić information content (AvgIpc) is 3.07. The molecule has 0 amide bonds. The van der Waals surface area contributed by atoms with Gasteiger partial charge in [0.25, 0.3) is 0 Å². The quantitative estimate of drug-likeness (QED) is 0.875. The van der Waals surface area contributed by atoms with Gasteiger partial charge in [0.05, 0.1) is 12.2 Å². The first-order chi connectivity index (χ1) is 9.28. The fraction of sp³-hybridized carbons (Fsp3) is 0.615. The summed E-state index contributed by atoms with van der Waals surface area (Å²) < 4.78 is 1.94. The summed E-state index contributed by atoms with van der Waals surface area (Å²) in [6, 6.07) is 0. The zero-order valence-corrected chi connectivity index (χ0v) is 11.6. The highest BCUT2D eigenvalue weighted by Gasteiger charge is 2.19. The molecule has 102 valence electrons. The minimum absolute atomic E-state index is 0.801. The van der Waals surface area contributed by atoms with Gasteiger partial charge in [-0.1, -0.05) is 0 Å². The largest absolute Gasteiger partial charge is 0.293 e. The first-order valence-electron chi connectivity index (χ1n) is 6.88. The van der Waals surface area contributed by atoms with Gasteiger partial charge in [-0.05, 0) is 38.8 Å². The second-order valence-electron chi connectivity index (χ2n) is 5.15. The smallest absolute Gasteiger partial charge is 0.140 e. The van der Waals surface area contributed by atoms with Crippen molar-refractivity contribution in [2.24, 2.45) is 0 Å². The SMILES string of the molecule is CCn1ncnc1CN(C)Cc1n[nH]c2c1CCC2. The zero-order chi connectivity index (χ0) is 13.2. The molecule has 1 aliphatic carbocycles. The normalized spacial score (nSPS) is 14.3. The van der Waals surface area contributed by atoms with E-state index in [4.69, 9.17) is 0 Å². The number of hydrogen-bond donors (Lipinski definition) is 1. The van der Waals surface area contributed by atoms with Crippen molar-refractivity contribution >= 4 is 0 Å². The van der Waals surface area contributed by atoms with Crippen LogP contribution in [0, 0.1) is 0 Å². The van der Waals surface area contributed by atoms with Gasteiger partial charge in [0.2, 0.25) is 0 Å². The van der Waals surface area contributed by atoms with Crippen LogP contribution in [0.2, 0.25) is 0 Å². The lowest BCUT2D eigenvalue weighted by atomic mass is 10.2. The molecule has 0 atom stereocenters. The lowest BCUT2D eigenvalue weighted by Crippen LogP contribution is -2.21. The minimum atomic E-state index is 0.801. The van der Waals surface area contributed by atoms with Crippen molar-refractivity contribution in [1.82, 2.24) is 29.9 Å². The van der Waals surface area contributed by atoms with Gasteiger partial charge in [-0.25, -0.2) is 9.67 Å². The third-order valence-electron chi connectivity index (χ3n) is 3.72. The van der Waals surface area contributed by atoms with Crippen LogP contribution in [-0.2, 0) is 32.5 Å². The van der Waals surface area contributed by atoms with Crippen LogP contribution in [-0.4, -0.2) is 36.9 Å². The first kappa shape index (κ1) is 12.3. The van der Waals surface area contributed by atoms with Crippen LogP contribution in [0.25, 0.3) is 0 Å². The molecule has 1 N–H and O–H groups in total. The van der Waals surface area contributed by atoms with Crippen molar-refractivity contribution in [3.63, 3.8) is 0 Å². The van der Waals surface area contributed by atoms with Gasteiger partial charge < -0.3 is 0 Å². The monoisotopic (exact) mass is 260 g/mol. The van der Waals surface area contributed by atoms with Crippen molar-refractivity contribution in [3.8, 4) is 0 Å². The predicted molar refractivity (Wildman–Crippen MR) is 71.5 cm³/mol. The van der Waals surface area contributed by atoms with E-state index in [1.54, 1.807) is 6.33 Å². The lowest BCUT2D eigenvalue weighted by molar-refractivity contribution is 0.298. The maximum atomic E-state index is 4.44. The Balaban J connectivity index is 1.66. The van der Waals surface area contributed by atoms with Gasteiger partial charge in [0.1, 0.15) is 12.2 Å². The molecule has 0 radical (unpaired) electrons. The molecule has 0 bridgehead atoms. The van der Waals surface area contributed by atoms with Crippen LogP contribution in [0.3, 0.4) is 0 Å². The molecule has 2 heterocycles. The van der Waals surface area contributed by atoms with Crippen LogP contribution >= 0.6 is 0 Å². The van der Waals surface area contributed by atoms with Gasteiger partial charge in [0.15, 0.2) is 0 Å². The predicted octanol–water partition coefficient (Wildman–Crippen LogP) is 1.14. The molecule has 2 aromatic rings. The second kappa shape index (κ2) is 5.13. The van der Waals surface area contributed by atoms with E-state index >= 15 is 0 Å². The molecule has 0 fully saturated rings. The number of aromatic nitrogens is 5. The minimum Gasteiger partial charge on any atom is -0.293 e. The van der Waals surface area contributed by atoms with Crippen molar-refractivity contribution in [2.45, 2.75) is 45.8 Å². The van der Waals surface area contributed by atoms with Crippen molar-refractivity contribution in [3.05, 3.63) is 29.1 Å². The third kappa shape index (κ3) is 2.40. The highest BCUT2D eigenvalue weighted by Crippen LogP contribution is 2.23. The fourth-order valence-corrected chi connectivity index (χ4v) is 2.75. The number of nitrogens with zero attached hydrogens (tertiary/aromatic N) is 5. The fourth-order valence-electron chi connectivity index (χ4n) is 2.75. The Kier molecular flexibility index (Phi) is 3.33. The topological polar surface area (TPSA) is 62.6 Å². The second-order valence-corrected chi connectivity index (χ2v) is 5.15. The number of rotatable bonds is 5. The molecule has 1 aliphatic rings. The van der Waals surface area contributed by atoms with Gasteiger partial charge in [-0.15, -0.1) is 0 Å². The lowest BCUT2D eigenvalue weighted by Gasteiger charge is -2.15. The van der Waals surface area contributed by atoms with Crippen LogP contribution in [0.4, 0.5) is 0 Å². The summed E-state index contributed by atoms with van der Waals surface area (Å²) in [5.41, 5.74) is 3.96. The van der Waals surface area contributed by atoms with Crippen molar-refractivity contribution < 1.29 is 0 Å². The Labute approximate surface area is 112 Å². The molecule has 6 heteroatoms. The number of nitrogens with one attached hydrogen (secondary N) is 1. The number of hydrogen-bond acceptors (Lipinski definition) is 4. The van der Waals surface area contributed by atoms with E-state index in [1.165, 1.54) is 29.8 Å². The van der Waals surface area contributed by atoms with Gasteiger partial charge in [0, 0.05) is 18.8 Å². The Morgan fingerprint density at radius 1 is 1.37 bits per heavy atom. The molecular formula is C13H20N6. The molecule has 3 rings (SSSR count). The van der Waals surface area contributed by atoms with Crippen LogP contribution in [0.5, 0.6) is 0 Å². The molecule has 0 spiro atoms. The summed E-state index contributed by atoms with van der Waals surface area (Å²) in [4.78, 5) is 6.55. The molecule has 0 saturated heterocycles. The summed E-state index contributed by atoms with van der Waals surface area (Å²) in [5, 5.41) is 11.8. The molecule has 6 nitrogen and oxygen atoms in total. The van der Waals surface area contributed by atoms with Gasteiger partial charge in [-0.3, -0.25) is 10.00 Å². The van der Waals surface area contributed by atoms with Gasteiger partial charge >= 0.3 is 0 Å². The summed E-state index contributed by atoms with van der Waals surface area (Å²) in [6.45, 7) is 4.61. The average molecular weight is 260 g/mol. The van der Waals surface area contributed by atoms with Crippen LogP contribution in [0.15, 0.2) is 6.33 Å². The highest BCUT2D eigenvalue weighted by atomic mass is 15.3. The maximum absolute atomic E-state index is 4.44. The molecule has 2 aromatic heterocycles. The highest BCUT2D eigenvalue weighted by molar-refractivity contribution is 5.29. The molecular weight excluding hydrogens is 240 g/mol. The Bertz CT molecular complexity index is 555. The zero-order valence-electron chi connectivity index (χ0n) is 11.6. The van der Waals surface area contributed by atoms with E-state index in [9.17, 15) is 0 Å². The molecule has 0 unspecified atom stereocenters. The summed E-state index contributed by atoms with van der Waals surface area (Å²) in [5.74, 6) is 1.01. The first-order valence-corrected chi connectivity index (χ1v) is 6.88. The van der Waals surface area contributed by atoms with E-state index in [-0.39, 0.29) is 0 Å². The summed E-state index contributed by atoms with van der Waals surface area (Å²) in [7, 11) is 2.10. The van der Waals surface area contributed by atoms with E-state index in [0.717, 1.165) is 31.9 Å². The summed E-state index contributed by atoms with van der Waals surface area (Å²) in [6.07, 6.45) is 5.19. The number of aromatic amines is 1. The number of aryl methyl sites for hydroxylation is 2. The Morgan fingerprint density at radius 3 is 3.11 bits per heavy atom. The number of H-pyrrole nitrogens is 1. The summed E-state index contributed by atoms with van der Waals surface area (Å²) >= 11 is 0. The molecule has 0 aromatic carbocycles. The standard InChI is InChI=1S/C13H20N6/c1-3-19-13(14-9-15-19)8-18(2)7-12-10-5-4-6-11(10)16-17-12/h9H,3-8H2,1-2H3,(H,16,17). The Hall–Kier alpha value is -1.69. The Morgan fingerprint density at radius 2 is 2.26 bits per heavy atom. The molecule has 19 heavy (non-hydrogen) atoms. The molecule has 0 aliphatic heterocycles. The van der Waals surface area contributed by atoms with E-state index < -0.39 is 0 Å². The van der Waals surface area contributed by atoms with Crippen LogP contribution < -0.4 is 0 Å². The van der Waals surface area contributed by atoms with E-state index in [0.29, 0.717) is 0 Å². The third-order valence-corrected chi connectivity index (χ3v) is 3.72. The number of fused-ring (bicyclic) bond motifs is 1. The van der Waals surface area contributed by atoms with E-state index in [1.807, 2.05) is 4.68 Å². The van der Waals surface area contributed by atoms with Crippen LogP contribution in [0.1, 0.15) is 36.1 Å². The molecule has 0 saturated carbocycles. The van der Waals surface area contributed by atoms with Crippen molar-refractivity contribution in [2.75, 3.05) is 7.05 Å². The van der Waals surface area contributed by atoms with Gasteiger partial charge in [-0.2, -0.15) is 10.2 Å². The van der Waals surface area contributed by atoms with E-state index in [2.05, 4.69) is 39.2 Å². The maximum Gasteiger partial charge on any atom is 0.140 e. The van der Waals surface area contributed by atoms with Crippen molar-refractivity contribution in [1.29, 1.82) is 0 Å².